The maximum atomic E-state index is 12.8. The monoisotopic (exact) mass is 474 g/mol. The Bertz CT molecular complexity index is 1180. The molecule has 0 heterocycles. The fraction of sp³-hybridized carbons (Fsp3) is 0.154. The van der Waals surface area contributed by atoms with Crippen molar-refractivity contribution in [1.82, 2.24) is 0 Å². The molecule has 0 bridgehead atoms. The Kier molecular flexibility index (Phi) is 7.28. The van der Waals surface area contributed by atoms with Gasteiger partial charge in [0.1, 0.15) is 24.0 Å². The van der Waals surface area contributed by atoms with Crippen molar-refractivity contribution >= 4 is 33.6 Å². The van der Waals surface area contributed by atoms with Gasteiger partial charge in [-0.05, 0) is 67.8 Å². The number of hydrogen-bond acceptors (Lipinski definition) is 3. The lowest BCUT2D eigenvalue weighted by Gasteiger charge is -2.12. The minimum absolute atomic E-state index is 0.000748. The summed E-state index contributed by atoms with van der Waals surface area (Å²) in [6, 6.07) is 21.4. The average molecular weight is 475 g/mol. The molecule has 0 aromatic heterocycles. The van der Waals surface area contributed by atoms with E-state index >= 15 is 0 Å². The average Bonchev–Trinajstić information content (AvgIpc) is 2.75. The number of carbonyl (C=O) groups excluding carboxylic acids is 1. The highest BCUT2D eigenvalue weighted by molar-refractivity contribution is 9.10. The van der Waals surface area contributed by atoms with E-state index in [1.54, 1.807) is 6.08 Å². The van der Waals surface area contributed by atoms with E-state index in [1.807, 2.05) is 87.5 Å². The molecule has 3 aromatic carbocycles. The smallest absolute Gasteiger partial charge is 0.266 e. The number of anilines is 1. The first-order valence-corrected chi connectivity index (χ1v) is 10.6. The predicted molar refractivity (Wildman–Crippen MR) is 128 cm³/mol. The van der Waals surface area contributed by atoms with Crippen molar-refractivity contribution in [3.63, 3.8) is 0 Å². The first kappa shape index (κ1) is 22.3. The van der Waals surface area contributed by atoms with Crippen LogP contribution in [0, 0.1) is 32.1 Å². The number of ether oxygens (including phenoxy) is 1. The predicted octanol–water partition coefficient (Wildman–Crippen LogP) is 6.50. The van der Waals surface area contributed by atoms with Crippen LogP contribution in [-0.4, -0.2) is 5.91 Å². The molecule has 0 saturated carbocycles. The summed E-state index contributed by atoms with van der Waals surface area (Å²) < 4.78 is 6.82. The lowest BCUT2D eigenvalue weighted by molar-refractivity contribution is -0.112. The molecule has 0 aliphatic rings. The van der Waals surface area contributed by atoms with E-state index in [2.05, 4.69) is 21.2 Å². The number of benzene rings is 3. The third-order valence-corrected chi connectivity index (χ3v) is 5.29. The van der Waals surface area contributed by atoms with Crippen LogP contribution in [0.25, 0.3) is 6.08 Å². The Labute approximate surface area is 191 Å². The van der Waals surface area contributed by atoms with Crippen LogP contribution in [0.1, 0.15) is 27.8 Å². The molecule has 1 amide bonds. The van der Waals surface area contributed by atoms with Crippen molar-refractivity contribution in [2.24, 2.45) is 0 Å². The quantitative estimate of drug-likeness (QED) is 0.327. The molecule has 0 saturated heterocycles. The summed E-state index contributed by atoms with van der Waals surface area (Å²) in [5.41, 5.74) is 5.52. The Morgan fingerprint density at radius 2 is 1.74 bits per heavy atom. The van der Waals surface area contributed by atoms with Gasteiger partial charge in [0.2, 0.25) is 0 Å². The van der Waals surface area contributed by atoms with E-state index in [0.717, 1.165) is 21.2 Å². The van der Waals surface area contributed by atoms with Crippen molar-refractivity contribution in [1.29, 1.82) is 5.26 Å². The van der Waals surface area contributed by atoms with E-state index in [1.165, 1.54) is 5.56 Å². The van der Waals surface area contributed by atoms with Crippen molar-refractivity contribution in [2.75, 3.05) is 5.32 Å². The highest BCUT2D eigenvalue weighted by Gasteiger charge is 2.13. The van der Waals surface area contributed by atoms with Crippen molar-refractivity contribution < 1.29 is 9.53 Å². The molecule has 0 spiro atoms. The second-order valence-corrected chi connectivity index (χ2v) is 8.31. The normalized spacial score (nSPS) is 11.0. The van der Waals surface area contributed by atoms with Gasteiger partial charge in [0.05, 0.1) is 0 Å². The number of aryl methyl sites for hydroxylation is 3. The van der Waals surface area contributed by atoms with Gasteiger partial charge in [-0.2, -0.15) is 5.26 Å². The number of hydrogen-bond donors (Lipinski definition) is 1. The number of nitrogens with one attached hydrogen (secondary N) is 1. The summed E-state index contributed by atoms with van der Waals surface area (Å²) in [4.78, 5) is 12.8. The van der Waals surface area contributed by atoms with Gasteiger partial charge in [-0.15, -0.1) is 0 Å². The number of amides is 1. The largest absolute Gasteiger partial charge is 0.488 e. The van der Waals surface area contributed by atoms with Gasteiger partial charge in [0.15, 0.2) is 0 Å². The summed E-state index contributed by atoms with van der Waals surface area (Å²) in [5, 5.41) is 12.5. The van der Waals surface area contributed by atoms with Crippen LogP contribution in [0.4, 0.5) is 5.69 Å². The number of carbonyl (C=O) groups is 1. The maximum Gasteiger partial charge on any atom is 0.266 e. The first-order valence-electron chi connectivity index (χ1n) is 9.84. The molecule has 156 valence electrons. The lowest BCUT2D eigenvalue weighted by atomic mass is 10.1. The number of nitrogens with zero attached hydrogens (tertiary/aromatic N) is 1. The molecule has 0 unspecified atom stereocenters. The first-order chi connectivity index (χ1) is 14.9. The van der Waals surface area contributed by atoms with Gasteiger partial charge >= 0.3 is 0 Å². The van der Waals surface area contributed by atoms with Crippen LogP contribution >= 0.6 is 15.9 Å². The second kappa shape index (κ2) is 10.1. The van der Waals surface area contributed by atoms with Crippen molar-refractivity contribution in [2.45, 2.75) is 27.4 Å². The van der Waals surface area contributed by atoms with Gasteiger partial charge in [0, 0.05) is 15.7 Å². The zero-order chi connectivity index (χ0) is 22.4. The molecule has 0 radical (unpaired) electrons. The Balaban J connectivity index is 1.84. The van der Waals surface area contributed by atoms with Gasteiger partial charge in [-0.3, -0.25) is 4.79 Å². The molecule has 0 aliphatic heterocycles. The maximum absolute atomic E-state index is 12.8. The molecule has 3 aromatic rings. The summed E-state index contributed by atoms with van der Waals surface area (Å²) in [5.74, 6) is 0.136. The topological polar surface area (TPSA) is 62.1 Å². The van der Waals surface area contributed by atoms with Crippen molar-refractivity contribution in [3.8, 4) is 11.8 Å². The van der Waals surface area contributed by atoms with Crippen LogP contribution in [0.5, 0.6) is 5.75 Å². The van der Waals surface area contributed by atoms with Gasteiger partial charge in [-0.1, -0.05) is 57.9 Å². The van der Waals surface area contributed by atoms with Gasteiger partial charge in [0.25, 0.3) is 5.91 Å². The van der Waals surface area contributed by atoms with Gasteiger partial charge in [-0.25, -0.2) is 0 Å². The highest BCUT2D eigenvalue weighted by Crippen LogP contribution is 2.27. The molecule has 1 N–H and O–H groups in total. The second-order valence-electron chi connectivity index (χ2n) is 7.40. The molecule has 0 aliphatic carbocycles. The van der Waals surface area contributed by atoms with Crippen LogP contribution in [0.15, 0.2) is 70.7 Å². The standard InChI is InChI=1S/C26H23BrN2O2/c1-17-5-8-20(9-6-17)16-31-25-11-10-23(27)14-21(25)13-22(15-28)26(30)29-24-12-18(2)4-7-19(24)3/h4-14H,16H2,1-3H3,(H,29,30)/b22-13+. The van der Waals surface area contributed by atoms with Crippen LogP contribution in [0.2, 0.25) is 0 Å². The number of rotatable bonds is 6. The molecule has 0 fully saturated rings. The van der Waals surface area contributed by atoms with E-state index < -0.39 is 5.91 Å². The van der Waals surface area contributed by atoms with Crippen LogP contribution in [0.3, 0.4) is 0 Å². The Hall–Kier alpha value is -3.36. The third kappa shape index (κ3) is 6.07. The summed E-state index contributed by atoms with van der Waals surface area (Å²) in [6.45, 7) is 6.29. The molecular formula is C26H23BrN2O2. The fourth-order valence-electron chi connectivity index (χ4n) is 2.97. The molecule has 3 rings (SSSR count). The van der Waals surface area contributed by atoms with E-state index in [0.29, 0.717) is 23.6 Å². The van der Waals surface area contributed by atoms with Crippen LogP contribution in [-0.2, 0) is 11.4 Å². The zero-order valence-electron chi connectivity index (χ0n) is 17.7. The molecule has 4 nitrogen and oxygen atoms in total. The molecule has 31 heavy (non-hydrogen) atoms. The van der Waals surface area contributed by atoms with Crippen molar-refractivity contribution in [3.05, 3.63) is 98.5 Å². The Morgan fingerprint density at radius 3 is 2.45 bits per heavy atom. The number of nitriles is 1. The minimum atomic E-state index is -0.458. The van der Waals surface area contributed by atoms with E-state index in [9.17, 15) is 10.1 Å². The SMILES string of the molecule is Cc1ccc(COc2ccc(Br)cc2/C=C(\C#N)C(=O)Nc2cc(C)ccc2C)cc1. The number of halogens is 1. The van der Waals surface area contributed by atoms with E-state index in [-0.39, 0.29) is 5.57 Å². The summed E-state index contributed by atoms with van der Waals surface area (Å²) in [6.07, 6.45) is 1.55. The fourth-order valence-corrected chi connectivity index (χ4v) is 3.35. The Morgan fingerprint density at radius 1 is 1.03 bits per heavy atom. The third-order valence-electron chi connectivity index (χ3n) is 4.79. The molecule has 5 heteroatoms. The summed E-state index contributed by atoms with van der Waals surface area (Å²) >= 11 is 3.45. The molecular weight excluding hydrogens is 452 g/mol. The highest BCUT2D eigenvalue weighted by atomic mass is 79.9. The molecule has 0 atom stereocenters. The summed E-state index contributed by atoms with van der Waals surface area (Å²) in [7, 11) is 0. The van der Waals surface area contributed by atoms with Crippen LogP contribution < -0.4 is 10.1 Å². The van der Waals surface area contributed by atoms with Gasteiger partial charge < -0.3 is 10.1 Å². The lowest BCUT2D eigenvalue weighted by Crippen LogP contribution is -2.14. The van der Waals surface area contributed by atoms with E-state index in [4.69, 9.17) is 4.74 Å². The minimum Gasteiger partial charge on any atom is -0.488 e. The zero-order valence-corrected chi connectivity index (χ0v) is 19.3.